The van der Waals surface area contributed by atoms with Crippen molar-refractivity contribution in [3.8, 4) is 0 Å². The van der Waals surface area contributed by atoms with Crippen LogP contribution in [0.2, 0.25) is 0 Å². The summed E-state index contributed by atoms with van der Waals surface area (Å²) in [5.41, 5.74) is 2.97. The van der Waals surface area contributed by atoms with Gasteiger partial charge in [0.1, 0.15) is 5.69 Å². The molecule has 2 aromatic rings. The van der Waals surface area contributed by atoms with E-state index in [-0.39, 0.29) is 11.8 Å². The maximum atomic E-state index is 12.7. The predicted octanol–water partition coefficient (Wildman–Crippen LogP) is 3.57. The average molecular weight is 369 g/mol. The number of benzene rings is 1. The van der Waals surface area contributed by atoms with Crippen molar-refractivity contribution in [2.75, 3.05) is 29.9 Å². The SMILES string of the molecule is Cc1ccc(C(=O)N2CCSCC2)cc1NC(=O)c1cccn1C1CC1. The fourth-order valence-electron chi connectivity index (χ4n) is 3.28. The monoisotopic (exact) mass is 369 g/mol. The summed E-state index contributed by atoms with van der Waals surface area (Å²) in [6.45, 7) is 3.52. The van der Waals surface area contributed by atoms with Gasteiger partial charge in [-0.1, -0.05) is 6.07 Å². The minimum absolute atomic E-state index is 0.0437. The fourth-order valence-corrected chi connectivity index (χ4v) is 4.19. The Bertz CT molecular complexity index is 835. The molecule has 1 saturated carbocycles. The first kappa shape index (κ1) is 17.2. The van der Waals surface area contributed by atoms with Crippen LogP contribution in [0.25, 0.3) is 0 Å². The zero-order chi connectivity index (χ0) is 18.1. The van der Waals surface area contributed by atoms with E-state index in [1.807, 2.05) is 64.7 Å². The van der Waals surface area contributed by atoms with Crippen molar-refractivity contribution in [2.45, 2.75) is 25.8 Å². The van der Waals surface area contributed by atoms with E-state index in [1.165, 1.54) is 0 Å². The highest BCUT2D eigenvalue weighted by Crippen LogP contribution is 2.36. The van der Waals surface area contributed by atoms with Crippen LogP contribution in [0.15, 0.2) is 36.5 Å². The molecule has 1 aliphatic carbocycles. The number of nitrogens with one attached hydrogen (secondary N) is 1. The zero-order valence-electron chi connectivity index (χ0n) is 14.9. The molecule has 5 nitrogen and oxygen atoms in total. The first-order valence-electron chi connectivity index (χ1n) is 9.09. The molecule has 1 saturated heterocycles. The Hall–Kier alpha value is -2.21. The molecule has 0 spiro atoms. The lowest BCUT2D eigenvalue weighted by Crippen LogP contribution is -2.37. The fraction of sp³-hybridized carbons (Fsp3) is 0.400. The second kappa shape index (κ2) is 7.19. The van der Waals surface area contributed by atoms with Crippen LogP contribution in [0, 0.1) is 6.92 Å². The molecule has 1 N–H and O–H groups in total. The van der Waals surface area contributed by atoms with Crippen LogP contribution in [-0.4, -0.2) is 45.9 Å². The van der Waals surface area contributed by atoms with Crippen molar-refractivity contribution >= 4 is 29.3 Å². The number of nitrogens with zero attached hydrogens (tertiary/aromatic N) is 2. The summed E-state index contributed by atoms with van der Waals surface area (Å²) in [6.07, 6.45) is 4.23. The van der Waals surface area contributed by atoms with Gasteiger partial charge in [0, 0.05) is 48.1 Å². The van der Waals surface area contributed by atoms with E-state index in [2.05, 4.69) is 5.32 Å². The van der Waals surface area contributed by atoms with Gasteiger partial charge in [-0.25, -0.2) is 0 Å². The predicted molar refractivity (Wildman–Crippen MR) is 105 cm³/mol. The Kier molecular flexibility index (Phi) is 4.76. The number of anilines is 1. The smallest absolute Gasteiger partial charge is 0.272 e. The summed E-state index contributed by atoms with van der Waals surface area (Å²) in [7, 11) is 0. The van der Waals surface area contributed by atoms with Gasteiger partial charge in [-0.15, -0.1) is 0 Å². The van der Waals surface area contributed by atoms with E-state index in [1.54, 1.807) is 0 Å². The second-order valence-electron chi connectivity index (χ2n) is 6.92. The summed E-state index contributed by atoms with van der Waals surface area (Å²) < 4.78 is 2.05. The lowest BCUT2D eigenvalue weighted by atomic mass is 10.1. The molecule has 26 heavy (non-hydrogen) atoms. The van der Waals surface area contributed by atoms with Gasteiger partial charge in [-0.05, 0) is 49.6 Å². The molecule has 6 heteroatoms. The van der Waals surface area contributed by atoms with Crippen molar-refractivity contribution < 1.29 is 9.59 Å². The van der Waals surface area contributed by atoms with Gasteiger partial charge in [0.15, 0.2) is 0 Å². The minimum atomic E-state index is -0.121. The molecule has 2 amide bonds. The molecule has 0 atom stereocenters. The second-order valence-corrected chi connectivity index (χ2v) is 8.15. The van der Waals surface area contributed by atoms with Crippen molar-refractivity contribution in [3.05, 3.63) is 53.3 Å². The highest BCUT2D eigenvalue weighted by atomic mass is 32.2. The van der Waals surface area contributed by atoms with E-state index in [9.17, 15) is 9.59 Å². The van der Waals surface area contributed by atoms with Crippen molar-refractivity contribution in [1.82, 2.24) is 9.47 Å². The van der Waals surface area contributed by atoms with E-state index in [0.29, 0.717) is 23.0 Å². The van der Waals surface area contributed by atoms with Gasteiger partial charge in [0.05, 0.1) is 0 Å². The van der Waals surface area contributed by atoms with Crippen LogP contribution in [0.5, 0.6) is 0 Å². The molecule has 0 bridgehead atoms. The number of amides is 2. The minimum Gasteiger partial charge on any atom is -0.340 e. The molecule has 1 aromatic carbocycles. The zero-order valence-corrected chi connectivity index (χ0v) is 15.7. The van der Waals surface area contributed by atoms with E-state index >= 15 is 0 Å². The number of hydrogen-bond acceptors (Lipinski definition) is 3. The summed E-state index contributed by atoms with van der Waals surface area (Å²) >= 11 is 1.88. The van der Waals surface area contributed by atoms with Gasteiger partial charge in [0.2, 0.25) is 0 Å². The molecule has 136 valence electrons. The standard InChI is InChI=1S/C20H23N3O2S/c1-14-4-5-15(20(25)22-9-11-26-12-10-22)13-17(14)21-19(24)18-3-2-8-23(18)16-6-7-16/h2-5,8,13,16H,6-7,9-12H2,1H3,(H,21,24). The summed E-state index contributed by atoms with van der Waals surface area (Å²) in [5, 5.41) is 3.00. The van der Waals surface area contributed by atoms with Gasteiger partial charge in [0.25, 0.3) is 11.8 Å². The van der Waals surface area contributed by atoms with Gasteiger partial charge in [-0.2, -0.15) is 11.8 Å². The van der Waals surface area contributed by atoms with Crippen LogP contribution in [0.4, 0.5) is 5.69 Å². The number of rotatable bonds is 4. The van der Waals surface area contributed by atoms with Crippen LogP contribution in [0.1, 0.15) is 45.3 Å². The third-order valence-corrected chi connectivity index (χ3v) is 5.93. The quantitative estimate of drug-likeness (QED) is 0.896. The van der Waals surface area contributed by atoms with Crippen molar-refractivity contribution in [1.29, 1.82) is 0 Å². The molecule has 2 fully saturated rings. The highest BCUT2D eigenvalue weighted by molar-refractivity contribution is 7.99. The Morgan fingerprint density at radius 3 is 2.65 bits per heavy atom. The largest absolute Gasteiger partial charge is 0.340 e. The first-order valence-corrected chi connectivity index (χ1v) is 10.2. The lowest BCUT2D eigenvalue weighted by molar-refractivity contribution is 0.0772. The number of aryl methyl sites for hydroxylation is 1. The number of aromatic nitrogens is 1. The molecule has 1 aromatic heterocycles. The molecule has 0 radical (unpaired) electrons. The first-order chi connectivity index (χ1) is 12.6. The Labute approximate surface area is 157 Å². The number of hydrogen-bond donors (Lipinski definition) is 1. The Morgan fingerprint density at radius 2 is 1.92 bits per heavy atom. The molecule has 4 rings (SSSR count). The number of carbonyl (C=O) groups is 2. The van der Waals surface area contributed by atoms with Gasteiger partial charge in [-0.3, -0.25) is 9.59 Å². The summed E-state index contributed by atoms with van der Waals surface area (Å²) in [5.74, 6) is 1.89. The molecular weight excluding hydrogens is 346 g/mol. The van der Waals surface area contributed by atoms with Gasteiger partial charge >= 0.3 is 0 Å². The third-order valence-electron chi connectivity index (χ3n) is 4.98. The molecule has 2 heterocycles. The Morgan fingerprint density at radius 1 is 1.15 bits per heavy atom. The Balaban J connectivity index is 1.53. The molecule has 2 aliphatic rings. The molecule has 1 aliphatic heterocycles. The lowest BCUT2D eigenvalue weighted by Gasteiger charge is -2.26. The van der Waals surface area contributed by atoms with Crippen LogP contribution < -0.4 is 5.32 Å². The van der Waals surface area contributed by atoms with E-state index in [0.717, 1.165) is 43.0 Å². The van der Waals surface area contributed by atoms with E-state index < -0.39 is 0 Å². The summed E-state index contributed by atoms with van der Waals surface area (Å²) in [4.78, 5) is 27.4. The van der Waals surface area contributed by atoms with E-state index in [4.69, 9.17) is 0 Å². The van der Waals surface area contributed by atoms with Crippen molar-refractivity contribution in [2.24, 2.45) is 0 Å². The van der Waals surface area contributed by atoms with Crippen LogP contribution in [0.3, 0.4) is 0 Å². The van der Waals surface area contributed by atoms with Crippen LogP contribution >= 0.6 is 11.8 Å². The normalized spacial score (nSPS) is 17.2. The maximum absolute atomic E-state index is 12.7. The highest BCUT2D eigenvalue weighted by Gasteiger charge is 2.27. The maximum Gasteiger partial charge on any atom is 0.272 e. The summed E-state index contributed by atoms with van der Waals surface area (Å²) in [6, 6.07) is 9.78. The third kappa shape index (κ3) is 3.51. The van der Waals surface area contributed by atoms with Gasteiger partial charge < -0.3 is 14.8 Å². The van der Waals surface area contributed by atoms with Crippen molar-refractivity contribution in [3.63, 3.8) is 0 Å². The average Bonchev–Trinajstić information content (AvgIpc) is 3.40. The van der Waals surface area contributed by atoms with Crippen LogP contribution in [-0.2, 0) is 0 Å². The molecular formula is C20H23N3O2S. The topological polar surface area (TPSA) is 54.3 Å². The molecule has 0 unspecified atom stereocenters. The number of thioether (sulfide) groups is 1. The number of carbonyl (C=O) groups excluding carboxylic acids is 2.